The van der Waals surface area contributed by atoms with E-state index in [1.54, 1.807) is 6.92 Å². The van der Waals surface area contributed by atoms with Gasteiger partial charge in [0, 0.05) is 13.0 Å². The van der Waals surface area contributed by atoms with E-state index in [0.717, 1.165) is 12.7 Å². The van der Waals surface area contributed by atoms with Crippen molar-refractivity contribution in [1.29, 1.82) is 0 Å². The zero-order valence-corrected chi connectivity index (χ0v) is 13.7. The molecule has 1 aliphatic heterocycles. The van der Waals surface area contributed by atoms with Crippen molar-refractivity contribution in [3.05, 3.63) is 35.9 Å². The van der Waals surface area contributed by atoms with Crippen molar-refractivity contribution in [2.75, 3.05) is 6.54 Å². The Morgan fingerprint density at radius 3 is 2.39 bits per heavy atom. The number of rotatable bonds is 4. The highest BCUT2D eigenvalue weighted by molar-refractivity contribution is 5.80. The van der Waals surface area contributed by atoms with Crippen LogP contribution in [0, 0.1) is 0 Å². The molecule has 1 aromatic rings. The number of carbonyl (C=O) groups excluding carboxylic acids is 3. The molecule has 1 aromatic carbocycles. The highest BCUT2D eigenvalue weighted by Gasteiger charge is 2.34. The lowest BCUT2D eigenvalue weighted by Gasteiger charge is -2.19. The van der Waals surface area contributed by atoms with Crippen molar-refractivity contribution in [3.63, 3.8) is 0 Å². The van der Waals surface area contributed by atoms with Gasteiger partial charge in [0.15, 0.2) is 0 Å². The molecular formula is C17H25N3O3. The smallest absolute Gasteiger partial charge is 0.312 e. The predicted octanol–water partition coefficient (Wildman–Crippen LogP) is 1.48. The van der Waals surface area contributed by atoms with Crippen molar-refractivity contribution < 1.29 is 14.4 Å². The lowest BCUT2D eigenvalue weighted by molar-refractivity contribution is -0.134. The molecule has 6 heteroatoms. The number of aldehydes is 1. The molecule has 1 fully saturated rings. The van der Waals surface area contributed by atoms with Crippen LogP contribution in [0.3, 0.4) is 0 Å². The molecular weight excluding hydrogens is 294 g/mol. The van der Waals surface area contributed by atoms with E-state index in [4.69, 9.17) is 5.73 Å². The maximum Gasteiger partial charge on any atom is 0.312 e. The zero-order chi connectivity index (χ0) is 17.2. The topological polar surface area (TPSA) is 92.5 Å². The third kappa shape index (κ3) is 6.10. The van der Waals surface area contributed by atoms with Gasteiger partial charge in [-0.15, -0.1) is 0 Å². The maximum atomic E-state index is 11.4. The average Bonchev–Trinajstić information content (AvgIpc) is 2.97. The molecule has 0 bridgehead atoms. The van der Waals surface area contributed by atoms with Crippen molar-refractivity contribution in [2.24, 2.45) is 5.73 Å². The molecule has 1 unspecified atom stereocenters. The Hall–Kier alpha value is -2.37. The van der Waals surface area contributed by atoms with Gasteiger partial charge in [-0.1, -0.05) is 44.2 Å². The molecule has 0 saturated carbocycles. The first-order chi connectivity index (χ1) is 11.0. The van der Waals surface area contributed by atoms with E-state index < -0.39 is 12.1 Å². The third-order valence-electron chi connectivity index (χ3n) is 3.72. The Morgan fingerprint density at radius 1 is 1.30 bits per heavy atom. The van der Waals surface area contributed by atoms with Crippen LogP contribution < -0.4 is 11.1 Å². The molecule has 1 saturated heterocycles. The fourth-order valence-corrected chi connectivity index (χ4v) is 2.50. The Kier molecular flexibility index (Phi) is 7.80. The molecule has 0 spiro atoms. The Morgan fingerprint density at radius 2 is 1.96 bits per heavy atom. The lowest BCUT2D eigenvalue weighted by atomic mass is 10.2. The molecule has 6 nitrogen and oxygen atoms in total. The van der Waals surface area contributed by atoms with Gasteiger partial charge in [-0.05, 0) is 18.4 Å². The van der Waals surface area contributed by atoms with Crippen molar-refractivity contribution >= 4 is 18.2 Å². The van der Waals surface area contributed by atoms with Gasteiger partial charge < -0.3 is 20.7 Å². The van der Waals surface area contributed by atoms with Crippen LogP contribution in [0.1, 0.15) is 32.3 Å². The minimum Gasteiger partial charge on any atom is -0.352 e. The SMILES string of the molecule is CCC(=O)N1CC(NC(N)=O)C[C@H]1C=O.CCc1ccccc1. The van der Waals surface area contributed by atoms with E-state index in [2.05, 4.69) is 36.5 Å². The highest BCUT2D eigenvalue weighted by Crippen LogP contribution is 2.17. The predicted molar refractivity (Wildman–Crippen MR) is 88.8 cm³/mol. The van der Waals surface area contributed by atoms with Gasteiger partial charge in [0.2, 0.25) is 5.91 Å². The summed E-state index contributed by atoms with van der Waals surface area (Å²) in [4.78, 5) is 34.3. The first kappa shape index (κ1) is 18.7. The first-order valence-electron chi connectivity index (χ1n) is 7.86. The number of hydrogen-bond donors (Lipinski definition) is 2. The molecule has 23 heavy (non-hydrogen) atoms. The second-order valence-corrected chi connectivity index (χ2v) is 5.38. The quantitative estimate of drug-likeness (QED) is 0.823. The number of carbonyl (C=O) groups is 3. The number of hydrogen-bond acceptors (Lipinski definition) is 3. The standard InChI is InChI=1S/C9H15N3O3.C8H10/c1-2-8(14)12-4-6(11-9(10)15)3-7(12)5-13;1-2-8-6-4-3-5-7-8/h5-7H,2-4H2,1H3,(H3,10,11,15);3-7H,2H2,1H3/t6?,7-;/m0./s1. The summed E-state index contributed by atoms with van der Waals surface area (Å²) in [6.07, 6.45) is 2.67. The van der Waals surface area contributed by atoms with Gasteiger partial charge in [0.25, 0.3) is 0 Å². The average molecular weight is 319 g/mol. The summed E-state index contributed by atoms with van der Waals surface area (Å²) in [6.45, 7) is 4.26. The molecule has 1 aliphatic rings. The van der Waals surface area contributed by atoms with Crippen molar-refractivity contribution in [2.45, 2.75) is 45.2 Å². The van der Waals surface area contributed by atoms with Gasteiger partial charge in [-0.2, -0.15) is 0 Å². The van der Waals surface area contributed by atoms with Gasteiger partial charge in [-0.25, -0.2) is 4.79 Å². The largest absolute Gasteiger partial charge is 0.352 e. The number of likely N-dealkylation sites (tertiary alicyclic amines) is 1. The summed E-state index contributed by atoms with van der Waals surface area (Å²) in [6, 6.07) is 9.18. The molecule has 0 aliphatic carbocycles. The Bertz CT molecular complexity index is 519. The van der Waals surface area contributed by atoms with Gasteiger partial charge >= 0.3 is 6.03 Å². The first-order valence-corrected chi connectivity index (χ1v) is 7.86. The molecule has 1 heterocycles. The lowest BCUT2D eigenvalue weighted by Crippen LogP contribution is -2.41. The van der Waals surface area contributed by atoms with E-state index in [1.807, 2.05) is 6.07 Å². The molecule has 3 amide bonds. The van der Waals surface area contributed by atoms with Gasteiger partial charge in [0.05, 0.1) is 12.1 Å². The van der Waals surface area contributed by atoms with Crippen LogP contribution in [-0.4, -0.2) is 41.8 Å². The summed E-state index contributed by atoms with van der Waals surface area (Å²) in [7, 11) is 0. The molecule has 2 rings (SSSR count). The van der Waals surface area contributed by atoms with Gasteiger partial charge in [-0.3, -0.25) is 4.79 Å². The van der Waals surface area contributed by atoms with Crippen LogP contribution in [-0.2, 0) is 16.0 Å². The monoisotopic (exact) mass is 319 g/mol. The van der Waals surface area contributed by atoms with E-state index in [1.165, 1.54) is 10.5 Å². The van der Waals surface area contributed by atoms with Crippen molar-refractivity contribution in [3.8, 4) is 0 Å². The van der Waals surface area contributed by atoms with E-state index in [-0.39, 0.29) is 11.9 Å². The second-order valence-electron chi connectivity index (χ2n) is 5.38. The molecule has 0 radical (unpaired) electrons. The summed E-state index contributed by atoms with van der Waals surface area (Å²) < 4.78 is 0. The van der Waals surface area contributed by atoms with E-state index >= 15 is 0 Å². The minimum absolute atomic E-state index is 0.0825. The number of nitrogens with one attached hydrogen (secondary N) is 1. The number of benzene rings is 1. The van der Waals surface area contributed by atoms with Gasteiger partial charge in [0.1, 0.15) is 6.29 Å². The second kappa shape index (κ2) is 9.61. The van der Waals surface area contributed by atoms with Crippen LogP contribution >= 0.6 is 0 Å². The summed E-state index contributed by atoms with van der Waals surface area (Å²) in [5.41, 5.74) is 6.38. The van der Waals surface area contributed by atoms with E-state index in [0.29, 0.717) is 19.4 Å². The Labute approximate surface area is 137 Å². The zero-order valence-electron chi connectivity index (χ0n) is 13.7. The molecule has 2 atom stereocenters. The van der Waals surface area contributed by atoms with Crippen LogP contribution in [0.5, 0.6) is 0 Å². The number of amides is 3. The number of primary amides is 1. The van der Waals surface area contributed by atoms with Crippen LogP contribution in [0.15, 0.2) is 30.3 Å². The van der Waals surface area contributed by atoms with E-state index in [9.17, 15) is 14.4 Å². The number of aryl methyl sites for hydroxylation is 1. The fourth-order valence-electron chi connectivity index (χ4n) is 2.50. The molecule has 0 aromatic heterocycles. The maximum absolute atomic E-state index is 11.4. The number of nitrogens with zero attached hydrogens (tertiary/aromatic N) is 1. The Balaban J connectivity index is 0.000000277. The number of nitrogens with two attached hydrogens (primary N) is 1. The summed E-state index contributed by atoms with van der Waals surface area (Å²) >= 11 is 0. The fraction of sp³-hybridized carbons (Fsp3) is 0.471. The summed E-state index contributed by atoms with van der Waals surface area (Å²) in [5.74, 6) is -0.0825. The van der Waals surface area contributed by atoms with Crippen molar-refractivity contribution in [1.82, 2.24) is 10.2 Å². The minimum atomic E-state index is -0.629. The van der Waals surface area contributed by atoms with Crippen LogP contribution in [0.25, 0.3) is 0 Å². The third-order valence-corrected chi connectivity index (χ3v) is 3.72. The summed E-state index contributed by atoms with van der Waals surface area (Å²) in [5, 5.41) is 2.50. The van der Waals surface area contributed by atoms with Crippen LogP contribution in [0.4, 0.5) is 4.79 Å². The highest BCUT2D eigenvalue weighted by atomic mass is 16.2. The molecule has 126 valence electrons. The number of urea groups is 1. The molecule has 3 N–H and O–H groups in total. The van der Waals surface area contributed by atoms with Crippen LogP contribution in [0.2, 0.25) is 0 Å². The normalized spacial score (nSPS) is 19.5.